The summed E-state index contributed by atoms with van der Waals surface area (Å²) in [6, 6.07) is 18.3. The maximum atomic E-state index is 13.2. The van der Waals surface area contributed by atoms with Crippen LogP contribution >= 0.6 is 11.6 Å². The highest BCUT2D eigenvalue weighted by molar-refractivity contribution is 6.18. The molecule has 0 aromatic heterocycles. The van der Waals surface area contributed by atoms with E-state index in [-0.39, 0.29) is 36.7 Å². The first-order valence-corrected chi connectivity index (χ1v) is 13.4. The van der Waals surface area contributed by atoms with Crippen LogP contribution in [0.15, 0.2) is 66.7 Å². The standard InChI is InChI=1S/C31H31ClFNO5/c1-19(2)26-13-4-20(3)16-28(26)38-25-11-9-24(10-12-25)34-18-22(17-29(34)35)31(37)39-27(14-15-32)30(36)21-5-7-23(33)8-6-21/h4-13,16,19,22,27H,14-15,17-18H2,1-3H3/t22-,27-/m1/s1. The molecule has 0 spiro atoms. The summed E-state index contributed by atoms with van der Waals surface area (Å²) in [6.07, 6.45) is -1.04. The van der Waals surface area contributed by atoms with E-state index >= 15 is 0 Å². The van der Waals surface area contributed by atoms with Crippen molar-refractivity contribution in [3.05, 3.63) is 89.2 Å². The molecule has 0 bridgehead atoms. The van der Waals surface area contributed by atoms with Crippen molar-refractivity contribution in [2.45, 2.75) is 45.6 Å². The Morgan fingerprint density at radius 1 is 1.05 bits per heavy atom. The van der Waals surface area contributed by atoms with E-state index in [1.165, 1.54) is 29.2 Å². The molecule has 4 rings (SSSR count). The third kappa shape index (κ3) is 6.84. The van der Waals surface area contributed by atoms with Gasteiger partial charge in [0.05, 0.1) is 5.92 Å². The third-order valence-corrected chi connectivity index (χ3v) is 6.89. The number of alkyl halides is 1. The number of amides is 1. The maximum absolute atomic E-state index is 13.2. The zero-order chi connectivity index (χ0) is 28.1. The van der Waals surface area contributed by atoms with Crippen LogP contribution in [-0.4, -0.2) is 36.2 Å². The van der Waals surface area contributed by atoms with Crippen LogP contribution in [0.4, 0.5) is 10.1 Å². The van der Waals surface area contributed by atoms with Gasteiger partial charge in [-0.25, -0.2) is 4.39 Å². The minimum Gasteiger partial charge on any atom is -0.457 e. The van der Waals surface area contributed by atoms with Gasteiger partial charge in [0.2, 0.25) is 11.7 Å². The summed E-state index contributed by atoms with van der Waals surface area (Å²) < 4.78 is 24.9. The van der Waals surface area contributed by atoms with Crippen LogP contribution < -0.4 is 9.64 Å². The van der Waals surface area contributed by atoms with Crippen LogP contribution in [0.2, 0.25) is 0 Å². The van der Waals surface area contributed by atoms with E-state index in [2.05, 4.69) is 26.0 Å². The SMILES string of the molecule is Cc1ccc(C(C)C)c(Oc2ccc(N3C[C@H](C(=O)O[C@H](CCCl)C(=O)c4ccc(F)cc4)CC3=O)cc2)c1. The Morgan fingerprint density at radius 3 is 2.38 bits per heavy atom. The van der Waals surface area contributed by atoms with Gasteiger partial charge in [0.1, 0.15) is 17.3 Å². The number of hydrogen-bond donors (Lipinski definition) is 0. The minimum absolute atomic E-state index is 0.0313. The molecule has 8 heteroatoms. The van der Waals surface area contributed by atoms with Gasteiger partial charge in [-0.3, -0.25) is 14.4 Å². The van der Waals surface area contributed by atoms with Crippen molar-refractivity contribution in [3.8, 4) is 11.5 Å². The average Bonchev–Trinajstić information content (AvgIpc) is 3.30. The molecule has 1 amide bonds. The average molecular weight is 552 g/mol. The fourth-order valence-electron chi connectivity index (χ4n) is 4.52. The number of carbonyl (C=O) groups excluding carboxylic acids is 3. The maximum Gasteiger partial charge on any atom is 0.312 e. The van der Waals surface area contributed by atoms with Crippen LogP contribution in [0, 0.1) is 18.7 Å². The number of Topliss-reactive ketones (excluding diaryl/α,β-unsaturated/α-hetero) is 1. The Labute approximate surface area is 232 Å². The van der Waals surface area contributed by atoms with Gasteiger partial charge in [0.15, 0.2) is 6.10 Å². The lowest BCUT2D eigenvalue weighted by Crippen LogP contribution is -2.32. The Hall–Kier alpha value is -3.71. The van der Waals surface area contributed by atoms with Crippen molar-refractivity contribution in [1.29, 1.82) is 0 Å². The van der Waals surface area contributed by atoms with E-state index in [0.717, 1.165) is 16.9 Å². The van der Waals surface area contributed by atoms with E-state index < -0.39 is 29.6 Å². The molecule has 1 saturated heterocycles. The fraction of sp³-hybridized carbons (Fsp3) is 0.323. The molecule has 0 aliphatic carbocycles. The van der Waals surface area contributed by atoms with Gasteiger partial charge in [0.25, 0.3) is 0 Å². The number of hydrogen-bond acceptors (Lipinski definition) is 5. The molecule has 1 aliphatic rings. The molecule has 3 aromatic rings. The van der Waals surface area contributed by atoms with E-state index in [9.17, 15) is 18.8 Å². The van der Waals surface area contributed by atoms with E-state index in [0.29, 0.717) is 17.4 Å². The summed E-state index contributed by atoms with van der Waals surface area (Å²) in [5.41, 5.74) is 3.05. The van der Waals surface area contributed by atoms with Gasteiger partial charge >= 0.3 is 5.97 Å². The summed E-state index contributed by atoms with van der Waals surface area (Å²) in [4.78, 5) is 40.1. The first-order valence-electron chi connectivity index (χ1n) is 12.9. The molecule has 1 heterocycles. The molecule has 1 aliphatic heterocycles. The lowest BCUT2D eigenvalue weighted by Gasteiger charge is -2.20. The smallest absolute Gasteiger partial charge is 0.312 e. The number of ether oxygens (including phenoxy) is 2. The van der Waals surface area contributed by atoms with Gasteiger partial charge in [0, 0.05) is 36.5 Å². The zero-order valence-corrected chi connectivity index (χ0v) is 22.9. The number of rotatable bonds is 10. The van der Waals surface area contributed by atoms with Crippen LogP contribution in [-0.2, 0) is 14.3 Å². The van der Waals surface area contributed by atoms with Gasteiger partial charge < -0.3 is 14.4 Å². The summed E-state index contributed by atoms with van der Waals surface area (Å²) >= 11 is 5.84. The summed E-state index contributed by atoms with van der Waals surface area (Å²) in [5, 5.41) is 0. The Balaban J connectivity index is 1.41. The molecule has 0 unspecified atom stereocenters. The van der Waals surface area contributed by atoms with E-state index in [1.807, 2.05) is 13.0 Å². The molecule has 3 aromatic carbocycles. The van der Waals surface area contributed by atoms with Gasteiger partial charge in [-0.1, -0.05) is 26.0 Å². The number of halogens is 2. The molecular formula is C31H31ClFNO5. The molecule has 1 fully saturated rings. The second-order valence-electron chi connectivity index (χ2n) is 9.97. The topological polar surface area (TPSA) is 72.9 Å². The molecule has 0 saturated carbocycles. The summed E-state index contributed by atoms with van der Waals surface area (Å²) in [6.45, 7) is 6.36. The van der Waals surface area contributed by atoms with Gasteiger partial charge in [-0.05, 0) is 78.6 Å². The highest BCUT2D eigenvalue weighted by Crippen LogP contribution is 2.33. The van der Waals surface area contributed by atoms with E-state index in [4.69, 9.17) is 21.1 Å². The van der Waals surface area contributed by atoms with Crippen molar-refractivity contribution >= 4 is 34.9 Å². The van der Waals surface area contributed by atoms with Crippen LogP contribution in [0.1, 0.15) is 54.1 Å². The third-order valence-electron chi connectivity index (χ3n) is 6.68. The predicted molar refractivity (Wildman–Crippen MR) is 148 cm³/mol. The molecule has 39 heavy (non-hydrogen) atoms. The number of ketones is 1. The van der Waals surface area contributed by atoms with Crippen molar-refractivity contribution in [3.63, 3.8) is 0 Å². The van der Waals surface area contributed by atoms with E-state index in [1.54, 1.807) is 24.3 Å². The Morgan fingerprint density at radius 2 is 1.74 bits per heavy atom. The molecule has 0 radical (unpaired) electrons. The van der Waals surface area contributed by atoms with Crippen LogP contribution in [0.25, 0.3) is 0 Å². The first-order chi connectivity index (χ1) is 18.7. The normalized spacial score (nSPS) is 15.9. The monoisotopic (exact) mass is 551 g/mol. The Kier molecular flexibility index (Phi) is 9.02. The van der Waals surface area contributed by atoms with Crippen molar-refractivity contribution in [2.75, 3.05) is 17.3 Å². The second kappa shape index (κ2) is 12.4. The Bertz CT molecular complexity index is 1340. The van der Waals surface area contributed by atoms with Crippen LogP contribution in [0.5, 0.6) is 11.5 Å². The number of nitrogens with zero attached hydrogens (tertiary/aromatic N) is 1. The minimum atomic E-state index is -1.11. The first kappa shape index (κ1) is 28.3. The largest absolute Gasteiger partial charge is 0.457 e. The number of anilines is 1. The fourth-order valence-corrected chi connectivity index (χ4v) is 4.72. The lowest BCUT2D eigenvalue weighted by molar-refractivity contribution is -0.151. The molecule has 6 nitrogen and oxygen atoms in total. The lowest BCUT2D eigenvalue weighted by atomic mass is 10.0. The zero-order valence-electron chi connectivity index (χ0n) is 22.2. The molecular weight excluding hydrogens is 521 g/mol. The predicted octanol–water partition coefficient (Wildman–Crippen LogP) is 6.83. The number of carbonyl (C=O) groups is 3. The molecule has 0 N–H and O–H groups in total. The second-order valence-corrected chi connectivity index (χ2v) is 10.3. The number of aryl methyl sites for hydroxylation is 1. The van der Waals surface area contributed by atoms with Crippen molar-refractivity contribution in [2.24, 2.45) is 5.92 Å². The quantitative estimate of drug-likeness (QED) is 0.157. The van der Waals surface area contributed by atoms with Crippen molar-refractivity contribution < 1.29 is 28.2 Å². The van der Waals surface area contributed by atoms with Crippen LogP contribution in [0.3, 0.4) is 0 Å². The molecule has 2 atom stereocenters. The van der Waals surface area contributed by atoms with Gasteiger partial charge in [-0.15, -0.1) is 11.6 Å². The summed E-state index contributed by atoms with van der Waals surface area (Å²) in [5.74, 6) is -0.705. The number of esters is 1. The summed E-state index contributed by atoms with van der Waals surface area (Å²) in [7, 11) is 0. The van der Waals surface area contributed by atoms with Crippen molar-refractivity contribution in [1.82, 2.24) is 0 Å². The highest BCUT2D eigenvalue weighted by atomic mass is 35.5. The number of benzene rings is 3. The molecule has 204 valence electrons. The van der Waals surface area contributed by atoms with Gasteiger partial charge in [-0.2, -0.15) is 0 Å². The highest BCUT2D eigenvalue weighted by Gasteiger charge is 2.38.